The van der Waals surface area contributed by atoms with Gasteiger partial charge >= 0.3 is 6.03 Å². The van der Waals surface area contributed by atoms with Gasteiger partial charge in [-0.25, -0.2) is 4.79 Å². The van der Waals surface area contributed by atoms with Gasteiger partial charge in [0.15, 0.2) is 0 Å². The number of nitrogens with one attached hydrogen (secondary N) is 1. The van der Waals surface area contributed by atoms with Crippen LogP contribution in [0.2, 0.25) is 0 Å². The standard InChI is InChI=1S/C19H21N3O/c1-14-6-8-16(9-7-14)20-19(23)21-12-17(13-21)22-11-10-15-4-2-3-5-18(15)22/h2-9,17H,10-13H2,1H3,(H,20,23). The number of carbonyl (C=O) groups excluding carboxylic acids is 1. The quantitative estimate of drug-likeness (QED) is 0.924. The number of likely N-dealkylation sites (tertiary alicyclic amines) is 1. The molecule has 1 saturated heterocycles. The Labute approximate surface area is 136 Å². The van der Waals surface area contributed by atoms with Crippen molar-refractivity contribution in [2.45, 2.75) is 19.4 Å². The molecule has 1 N–H and O–H groups in total. The third-order valence-electron chi connectivity index (χ3n) is 4.82. The Morgan fingerprint density at radius 2 is 1.83 bits per heavy atom. The number of hydrogen-bond donors (Lipinski definition) is 1. The molecular weight excluding hydrogens is 286 g/mol. The fraction of sp³-hybridized carbons (Fsp3) is 0.316. The summed E-state index contributed by atoms with van der Waals surface area (Å²) in [6.45, 7) is 4.70. The summed E-state index contributed by atoms with van der Waals surface area (Å²) in [7, 11) is 0. The minimum absolute atomic E-state index is 0.00224. The summed E-state index contributed by atoms with van der Waals surface area (Å²) in [6, 6.07) is 16.9. The highest BCUT2D eigenvalue weighted by atomic mass is 16.2. The van der Waals surface area contributed by atoms with E-state index in [0.29, 0.717) is 6.04 Å². The molecule has 2 aliphatic rings. The van der Waals surface area contributed by atoms with Crippen LogP contribution in [0.1, 0.15) is 11.1 Å². The molecule has 23 heavy (non-hydrogen) atoms. The molecule has 4 rings (SSSR count). The largest absolute Gasteiger partial charge is 0.364 e. The Morgan fingerprint density at radius 3 is 2.61 bits per heavy atom. The van der Waals surface area contributed by atoms with Crippen molar-refractivity contribution in [1.29, 1.82) is 0 Å². The minimum atomic E-state index is -0.00224. The van der Waals surface area contributed by atoms with E-state index in [2.05, 4.69) is 34.5 Å². The van der Waals surface area contributed by atoms with Crippen LogP contribution in [0.4, 0.5) is 16.2 Å². The summed E-state index contributed by atoms with van der Waals surface area (Å²) in [4.78, 5) is 16.6. The second kappa shape index (κ2) is 5.61. The van der Waals surface area contributed by atoms with Gasteiger partial charge < -0.3 is 15.1 Å². The summed E-state index contributed by atoms with van der Waals surface area (Å²) in [5, 5.41) is 2.97. The van der Waals surface area contributed by atoms with Gasteiger partial charge in [-0.05, 0) is 37.1 Å². The van der Waals surface area contributed by atoms with Crippen LogP contribution in [-0.4, -0.2) is 36.6 Å². The maximum absolute atomic E-state index is 12.3. The number of aryl methyl sites for hydroxylation is 1. The van der Waals surface area contributed by atoms with Crippen molar-refractivity contribution in [3.63, 3.8) is 0 Å². The van der Waals surface area contributed by atoms with E-state index in [1.54, 1.807) is 0 Å². The molecular formula is C19H21N3O. The Bertz CT molecular complexity index is 720. The van der Waals surface area contributed by atoms with Gasteiger partial charge in [0.2, 0.25) is 0 Å². The maximum atomic E-state index is 12.3. The van der Waals surface area contributed by atoms with Crippen LogP contribution in [0, 0.1) is 6.92 Å². The lowest BCUT2D eigenvalue weighted by Crippen LogP contribution is -2.61. The van der Waals surface area contributed by atoms with Crippen LogP contribution in [0.3, 0.4) is 0 Å². The lowest BCUT2D eigenvalue weighted by atomic mass is 10.1. The molecule has 0 atom stereocenters. The number of para-hydroxylation sites is 1. The molecule has 4 heteroatoms. The van der Waals surface area contributed by atoms with Crippen molar-refractivity contribution in [3.05, 3.63) is 59.7 Å². The fourth-order valence-electron chi connectivity index (χ4n) is 3.40. The van der Waals surface area contributed by atoms with Gasteiger partial charge in [0, 0.05) is 31.0 Å². The molecule has 2 aromatic rings. The van der Waals surface area contributed by atoms with Gasteiger partial charge in [-0.3, -0.25) is 0 Å². The predicted molar refractivity (Wildman–Crippen MR) is 93.1 cm³/mol. The Kier molecular flexibility index (Phi) is 3.45. The first-order valence-corrected chi connectivity index (χ1v) is 8.18. The highest BCUT2D eigenvalue weighted by Crippen LogP contribution is 2.32. The number of fused-ring (bicyclic) bond motifs is 1. The fourth-order valence-corrected chi connectivity index (χ4v) is 3.40. The van der Waals surface area contributed by atoms with E-state index < -0.39 is 0 Å². The summed E-state index contributed by atoms with van der Waals surface area (Å²) in [5.74, 6) is 0. The van der Waals surface area contributed by atoms with Gasteiger partial charge in [-0.2, -0.15) is 0 Å². The maximum Gasteiger partial charge on any atom is 0.321 e. The number of urea groups is 1. The van der Waals surface area contributed by atoms with Gasteiger partial charge in [-0.15, -0.1) is 0 Å². The monoisotopic (exact) mass is 307 g/mol. The zero-order valence-corrected chi connectivity index (χ0v) is 13.3. The highest BCUT2D eigenvalue weighted by Gasteiger charge is 2.37. The van der Waals surface area contributed by atoms with E-state index in [-0.39, 0.29) is 6.03 Å². The topological polar surface area (TPSA) is 35.6 Å². The molecule has 2 heterocycles. The molecule has 0 radical (unpaired) electrons. The second-order valence-corrected chi connectivity index (χ2v) is 6.43. The third-order valence-corrected chi connectivity index (χ3v) is 4.82. The molecule has 1 fully saturated rings. The third kappa shape index (κ3) is 2.65. The summed E-state index contributed by atoms with van der Waals surface area (Å²) < 4.78 is 0. The lowest BCUT2D eigenvalue weighted by molar-refractivity contribution is 0.162. The van der Waals surface area contributed by atoms with Crippen LogP contribution in [0.15, 0.2) is 48.5 Å². The molecule has 4 nitrogen and oxygen atoms in total. The lowest BCUT2D eigenvalue weighted by Gasteiger charge is -2.45. The van der Waals surface area contributed by atoms with Crippen LogP contribution >= 0.6 is 0 Å². The zero-order valence-electron chi connectivity index (χ0n) is 13.3. The van der Waals surface area contributed by atoms with Gasteiger partial charge in [-0.1, -0.05) is 35.9 Å². The molecule has 0 bridgehead atoms. The number of hydrogen-bond acceptors (Lipinski definition) is 2. The van der Waals surface area contributed by atoms with Crippen LogP contribution in [0.5, 0.6) is 0 Å². The van der Waals surface area contributed by atoms with Crippen LogP contribution in [0.25, 0.3) is 0 Å². The first-order valence-electron chi connectivity index (χ1n) is 8.18. The summed E-state index contributed by atoms with van der Waals surface area (Å²) >= 11 is 0. The molecule has 0 spiro atoms. The number of amides is 2. The van der Waals surface area contributed by atoms with Gasteiger partial charge in [0.1, 0.15) is 0 Å². The average Bonchev–Trinajstić information content (AvgIpc) is 2.92. The number of benzene rings is 2. The van der Waals surface area contributed by atoms with E-state index >= 15 is 0 Å². The summed E-state index contributed by atoms with van der Waals surface area (Å²) in [5.41, 5.74) is 4.82. The smallest absolute Gasteiger partial charge is 0.321 e. The number of anilines is 2. The summed E-state index contributed by atoms with van der Waals surface area (Å²) in [6.07, 6.45) is 1.11. The molecule has 2 aromatic carbocycles. The number of rotatable bonds is 2. The minimum Gasteiger partial charge on any atom is -0.364 e. The number of nitrogens with zero attached hydrogens (tertiary/aromatic N) is 2. The van der Waals surface area contributed by atoms with Crippen LogP contribution in [-0.2, 0) is 6.42 Å². The van der Waals surface area contributed by atoms with Crippen molar-refractivity contribution in [2.24, 2.45) is 0 Å². The van der Waals surface area contributed by atoms with E-state index in [0.717, 1.165) is 31.7 Å². The Balaban J connectivity index is 1.35. The predicted octanol–water partition coefficient (Wildman–Crippen LogP) is 3.27. The van der Waals surface area contributed by atoms with Crippen LogP contribution < -0.4 is 10.2 Å². The SMILES string of the molecule is Cc1ccc(NC(=O)N2CC(N3CCc4ccccc43)C2)cc1. The molecule has 0 saturated carbocycles. The van der Waals surface area contributed by atoms with Crippen molar-refractivity contribution >= 4 is 17.4 Å². The van der Waals surface area contributed by atoms with Gasteiger partial charge in [0.05, 0.1) is 6.04 Å². The van der Waals surface area contributed by atoms with E-state index in [4.69, 9.17) is 0 Å². The Hall–Kier alpha value is -2.49. The normalized spacial score (nSPS) is 16.9. The molecule has 0 aliphatic carbocycles. The number of carbonyl (C=O) groups is 1. The van der Waals surface area contributed by atoms with Crippen molar-refractivity contribution in [1.82, 2.24) is 4.90 Å². The second-order valence-electron chi connectivity index (χ2n) is 6.43. The van der Waals surface area contributed by atoms with Crippen molar-refractivity contribution in [2.75, 3.05) is 29.9 Å². The molecule has 2 amide bonds. The van der Waals surface area contributed by atoms with E-state index in [1.807, 2.05) is 36.1 Å². The zero-order chi connectivity index (χ0) is 15.8. The highest BCUT2D eigenvalue weighted by molar-refractivity contribution is 5.90. The Morgan fingerprint density at radius 1 is 1.09 bits per heavy atom. The average molecular weight is 307 g/mol. The first kappa shape index (κ1) is 14.1. The molecule has 0 unspecified atom stereocenters. The van der Waals surface area contributed by atoms with Crippen molar-refractivity contribution in [3.8, 4) is 0 Å². The molecule has 0 aromatic heterocycles. The van der Waals surface area contributed by atoms with Crippen molar-refractivity contribution < 1.29 is 4.79 Å². The van der Waals surface area contributed by atoms with Gasteiger partial charge in [0.25, 0.3) is 0 Å². The first-order chi connectivity index (χ1) is 11.2. The molecule has 118 valence electrons. The van der Waals surface area contributed by atoms with E-state index in [1.165, 1.54) is 16.8 Å². The molecule has 2 aliphatic heterocycles. The van der Waals surface area contributed by atoms with E-state index in [9.17, 15) is 4.79 Å².